The van der Waals surface area contributed by atoms with Crippen LogP contribution in [0.1, 0.15) is 16.7 Å². The number of thioether (sulfide) groups is 1. The van der Waals surface area contributed by atoms with Crippen LogP contribution >= 0.6 is 24.0 Å². The topological polar surface area (TPSA) is 38.8 Å². The van der Waals surface area contributed by atoms with E-state index in [0.717, 1.165) is 28.2 Å². The maximum absolute atomic E-state index is 13.1. The Kier molecular flexibility index (Phi) is 6.89. The molecule has 4 rings (SSSR count). The average molecular weight is 450 g/mol. The highest BCUT2D eigenvalue weighted by Gasteiger charge is 2.37. The van der Waals surface area contributed by atoms with Crippen molar-refractivity contribution < 1.29 is 14.3 Å². The van der Waals surface area contributed by atoms with E-state index in [1.165, 1.54) is 11.8 Å². The normalized spacial score (nSPS) is 15.9. The Morgan fingerprint density at radius 3 is 2.39 bits per heavy atom. The van der Waals surface area contributed by atoms with Gasteiger partial charge in [0.05, 0.1) is 18.9 Å². The number of ether oxygens (including phenoxy) is 2. The predicted molar refractivity (Wildman–Crippen MR) is 128 cm³/mol. The molecule has 4 nitrogen and oxygen atoms in total. The highest BCUT2D eigenvalue weighted by atomic mass is 32.2. The van der Waals surface area contributed by atoms with Crippen molar-refractivity contribution in [1.82, 2.24) is 4.90 Å². The molecular formula is C25H23NO3S2. The van der Waals surface area contributed by atoms with Crippen LogP contribution in [-0.4, -0.2) is 27.5 Å². The van der Waals surface area contributed by atoms with E-state index in [1.54, 1.807) is 12.0 Å². The summed E-state index contributed by atoms with van der Waals surface area (Å²) in [5.41, 5.74) is 3.14. The first-order valence-corrected chi connectivity index (χ1v) is 11.3. The van der Waals surface area contributed by atoms with Crippen molar-refractivity contribution in [1.29, 1.82) is 0 Å². The maximum atomic E-state index is 13.1. The largest absolute Gasteiger partial charge is 0.497 e. The SMILES string of the molecule is COc1ccc(CN2C(=O)[C@H](Cc3ccccc3OCc3ccccc3)SC2=S)cc1. The molecule has 0 bridgehead atoms. The first kappa shape index (κ1) is 21.4. The number of hydrogen-bond donors (Lipinski definition) is 0. The monoisotopic (exact) mass is 449 g/mol. The Morgan fingerprint density at radius 2 is 1.65 bits per heavy atom. The van der Waals surface area contributed by atoms with Crippen molar-refractivity contribution in [3.8, 4) is 11.5 Å². The third-order valence-corrected chi connectivity index (χ3v) is 6.70. The van der Waals surface area contributed by atoms with Gasteiger partial charge >= 0.3 is 0 Å². The number of para-hydroxylation sites is 1. The molecule has 1 atom stereocenters. The van der Waals surface area contributed by atoms with E-state index in [-0.39, 0.29) is 11.2 Å². The lowest BCUT2D eigenvalue weighted by Gasteiger charge is -2.16. The average Bonchev–Trinajstić information content (AvgIpc) is 3.07. The van der Waals surface area contributed by atoms with Gasteiger partial charge in [0.1, 0.15) is 22.4 Å². The standard InChI is InChI=1S/C25H23NO3S2/c1-28-21-13-11-18(12-14-21)16-26-24(27)23(31-25(26)30)15-20-9-5-6-10-22(20)29-17-19-7-3-2-4-8-19/h2-14,23H,15-17H2,1H3/t23-/m0/s1. The van der Waals surface area contributed by atoms with Gasteiger partial charge in [-0.15, -0.1) is 0 Å². The second-order valence-electron chi connectivity index (χ2n) is 7.23. The fourth-order valence-corrected chi connectivity index (χ4v) is 4.95. The molecule has 1 heterocycles. The lowest BCUT2D eigenvalue weighted by molar-refractivity contribution is -0.126. The van der Waals surface area contributed by atoms with Gasteiger partial charge in [0.15, 0.2) is 0 Å². The van der Waals surface area contributed by atoms with Crippen molar-refractivity contribution in [3.05, 3.63) is 95.6 Å². The molecule has 3 aromatic carbocycles. The minimum absolute atomic E-state index is 0.0451. The molecule has 0 radical (unpaired) electrons. The first-order valence-electron chi connectivity index (χ1n) is 10.0. The molecule has 0 N–H and O–H groups in total. The molecule has 0 unspecified atom stereocenters. The molecule has 0 spiro atoms. The van der Waals surface area contributed by atoms with E-state index >= 15 is 0 Å². The van der Waals surface area contributed by atoms with Gasteiger partial charge in [0.2, 0.25) is 5.91 Å². The van der Waals surface area contributed by atoms with E-state index in [9.17, 15) is 4.79 Å². The number of benzene rings is 3. The number of carbonyl (C=O) groups is 1. The predicted octanol–water partition coefficient (Wildman–Crippen LogP) is 5.25. The Balaban J connectivity index is 1.42. The lowest BCUT2D eigenvalue weighted by Crippen LogP contribution is -2.31. The van der Waals surface area contributed by atoms with E-state index in [1.807, 2.05) is 78.9 Å². The summed E-state index contributed by atoms with van der Waals surface area (Å²) in [4.78, 5) is 14.8. The molecule has 0 aromatic heterocycles. The summed E-state index contributed by atoms with van der Waals surface area (Å²) < 4.78 is 11.9. The lowest BCUT2D eigenvalue weighted by atomic mass is 10.1. The highest BCUT2D eigenvalue weighted by Crippen LogP contribution is 2.33. The summed E-state index contributed by atoms with van der Waals surface area (Å²) in [6.07, 6.45) is 0.577. The third kappa shape index (κ3) is 5.27. The number of rotatable bonds is 8. The second-order valence-corrected chi connectivity index (χ2v) is 9.07. The quantitative estimate of drug-likeness (QED) is 0.440. The number of carbonyl (C=O) groups excluding carboxylic acids is 1. The number of methoxy groups -OCH3 is 1. The summed E-state index contributed by atoms with van der Waals surface area (Å²) >= 11 is 6.97. The second kappa shape index (κ2) is 9.98. The number of amides is 1. The summed E-state index contributed by atoms with van der Waals surface area (Å²) in [6.45, 7) is 0.961. The summed E-state index contributed by atoms with van der Waals surface area (Å²) in [5, 5.41) is -0.243. The molecule has 0 saturated carbocycles. The molecule has 1 fully saturated rings. The molecule has 3 aromatic rings. The van der Waals surface area contributed by atoms with Crippen LogP contribution < -0.4 is 9.47 Å². The first-order chi connectivity index (χ1) is 15.1. The molecule has 158 valence electrons. The van der Waals surface area contributed by atoms with Gasteiger partial charge in [-0.1, -0.05) is 84.6 Å². The van der Waals surface area contributed by atoms with E-state index in [2.05, 4.69) is 0 Å². The maximum Gasteiger partial charge on any atom is 0.242 e. The number of nitrogens with zero attached hydrogens (tertiary/aromatic N) is 1. The van der Waals surface area contributed by atoms with E-state index in [0.29, 0.717) is 23.9 Å². The Hall–Kier alpha value is -2.83. The number of thiocarbonyl (C=S) groups is 1. The van der Waals surface area contributed by atoms with Gasteiger partial charge in [-0.2, -0.15) is 0 Å². The molecule has 6 heteroatoms. The summed E-state index contributed by atoms with van der Waals surface area (Å²) in [7, 11) is 1.64. The molecule has 1 aliphatic rings. The van der Waals surface area contributed by atoms with Crippen molar-refractivity contribution >= 4 is 34.2 Å². The van der Waals surface area contributed by atoms with Crippen molar-refractivity contribution in [2.24, 2.45) is 0 Å². The third-order valence-electron chi connectivity index (χ3n) is 5.12. The smallest absolute Gasteiger partial charge is 0.242 e. The van der Waals surface area contributed by atoms with Gasteiger partial charge < -0.3 is 9.47 Å². The summed E-state index contributed by atoms with van der Waals surface area (Å²) in [5.74, 6) is 1.64. The molecule has 1 saturated heterocycles. The zero-order valence-electron chi connectivity index (χ0n) is 17.2. The molecule has 0 aliphatic carbocycles. The van der Waals surface area contributed by atoms with Gasteiger partial charge in [-0.05, 0) is 41.3 Å². The van der Waals surface area contributed by atoms with E-state index < -0.39 is 0 Å². The zero-order chi connectivity index (χ0) is 21.6. The van der Waals surface area contributed by atoms with E-state index in [4.69, 9.17) is 21.7 Å². The van der Waals surface area contributed by atoms with Crippen LogP contribution in [0, 0.1) is 0 Å². The van der Waals surface area contributed by atoms with Crippen LogP contribution in [0.4, 0.5) is 0 Å². The van der Waals surface area contributed by atoms with Gasteiger partial charge in [0, 0.05) is 0 Å². The molecule has 1 amide bonds. The van der Waals surface area contributed by atoms with Crippen molar-refractivity contribution in [2.75, 3.05) is 7.11 Å². The summed E-state index contributed by atoms with van der Waals surface area (Å²) in [6, 6.07) is 25.7. The fourth-order valence-electron chi connectivity index (χ4n) is 3.43. The minimum atomic E-state index is -0.243. The Labute approximate surface area is 192 Å². The van der Waals surface area contributed by atoms with Crippen molar-refractivity contribution in [2.45, 2.75) is 24.8 Å². The van der Waals surface area contributed by atoms with Crippen LogP contribution in [0.15, 0.2) is 78.9 Å². The zero-order valence-corrected chi connectivity index (χ0v) is 18.8. The number of hydrogen-bond acceptors (Lipinski definition) is 5. The Bertz CT molecular complexity index is 1050. The molecule has 1 aliphatic heterocycles. The van der Waals surface area contributed by atoms with Crippen LogP contribution in [0.5, 0.6) is 11.5 Å². The van der Waals surface area contributed by atoms with Gasteiger partial charge in [0.25, 0.3) is 0 Å². The highest BCUT2D eigenvalue weighted by molar-refractivity contribution is 8.24. The van der Waals surface area contributed by atoms with Gasteiger partial charge in [-0.3, -0.25) is 9.69 Å². The molecule has 31 heavy (non-hydrogen) atoms. The fraction of sp³-hybridized carbons (Fsp3) is 0.200. The van der Waals surface area contributed by atoms with Crippen LogP contribution in [0.25, 0.3) is 0 Å². The van der Waals surface area contributed by atoms with Crippen LogP contribution in [-0.2, 0) is 24.4 Å². The minimum Gasteiger partial charge on any atom is -0.497 e. The van der Waals surface area contributed by atoms with Crippen LogP contribution in [0.3, 0.4) is 0 Å². The molecular weight excluding hydrogens is 426 g/mol. The van der Waals surface area contributed by atoms with Crippen LogP contribution in [0.2, 0.25) is 0 Å². The van der Waals surface area contributed by atoms with Crippen molar-refractivity contribution in [3.63, 3.8) is 0 Å². The Morgan fingerprint density at radius 1 is 0.935 bits per heavy atom. The van der Waals surface area contributed by atoms with Gasteiger partial charge in [-0.25, -0.2) is 0 Å².